The van der Waals surface area contributed by atoms with E-state index in [9.17, 15) is 9.59 Å². The van der Waals surface area contributed by atoms with Crippen molar-refractivity contribution >= 4 is 11.9 Å². The summed E-state index contributed by atoms with van der Waals surface area (Å²) >= 11 is 0. The smallest absolute Gasteiger partial charge is 0.411 e. The Morgan fingerprint density at radius 3 is 2.44 bits per heavy atom. The maximum Gasteiger partial charge on any atom is 0.411 e. The van der Waals surface area contributed by atoms with Crippen LogP contribution in [0.2, 0.25) is 0 Å². The van der Waals surface area contributed by atoms with E-state index in [0.29, 0.717) is 6.54 Å². The molecule has 1 aliphatic rings. The first-order chi connectivity index (χ1) is 7.20. The maximum absolute atomic E-state index is 11.8. The molecular formula is C12H19NO3. The zero-order valence-corrected chi connectivity index (χ0v) is 10.5. The summed E-state index contributed by atoms with van der Waals surface area (Å²) in [5.74, 6) is -0.0392. The van der Waals surface area contributed by atoms with Crippen LogP contribution in [0.5, 0.6) is 0 Å². The molecule has 0 N–H and O–H groups in total. The first kappa shape index (κ1) is 12.7. The Morgan fingerprint density at radius 1 is 1.44 bits per heavy atom. The largest absolute Gasteiger partial charge is 0.444 e. The molecule has 0 spiro atoms. The van der Waals surface area contributed by atoms with Crippen LogP contribution >= 0.6 is 0 Å². The third-order valence-corrected chi connectivity index (χ3v) is 2.24. The Kier molecular flexibility index (Phi) is 3.41. The minimum absolute atomic E-state index is 0.0392. The van der Waals surface area contributed by atoms with Gasteiger partial charge in [-0.1, -0.05) is 11.6 Å². The summed E-state index contributed by atoms with van der Waals surface area (Å²) in [6.45, 7) is 9.29. The van der Waals surface area contributed by atoms with Gasteiger partial charge in [0.25, 0.3) is 0 Å². The van der Waals surface area contributed by atoms with Crippen molar-refractivity contribution in [2.24, 2.45) is 0 Å². The van der Waals surface area contributed by atoms with Crippen molar-refractivity contribution in [2.75, 3.05) is 6.54 Å². The Balaban J connectivity index is 2.75. The van der Waals surface area contributed by atoms with Gasteiger partial charge in [0.05, 0.1) is 0 Å². The van der Waals surface area contributed by atoms with E-state index in [1.807, 2.05) is 33.8 Å². The van der Waals surface area contributed by atoms with Gasteiger partial charge >= 0.3 is 6.09 Å². The van der Waals surface area contributed by atoms with Crippen molar-refractivity contribution in [3.8, 4) is 0 Å². The van der Waals surface area contributed by atoms with Crippen molar-refractivity contribution in [3.05, 3.63) is 11.6 Å². The van der Waals surface area contributed by atoms with Gasteiger partial charge in [0.2, 0.25) is 0 Å². The molecule has 0 saturated heterocycles. The Bertz CT molecular complexity index is 339. The molecule has 1 heterocycles. The highest BCUT2D eigenvalue weighted by molar-refractivity contribution is 5.88. The Hall–Kier alpha value is -1.32. The van der Waals surface area contributed by atoms with Gasteiger partial charge in [-0.3, -0.25) is 9.69 Å². The summed E-state index contributed by atoms with van der Waals surface area (Å²) in [5.41, 5.74) is 0.487. The second-order valence-corrected chi connectivity index (χ2v) is 5.18. The summed E-state index contributed by atoms with van der Waals surface area (Å²) < 4.78 is 5.25. The van der Waals surface area contributed by atoms with Gasteiger partial charge in [-0.05, 0) is 34.6 Å². The summed E-state index contributed by atoms with van der Waals surface area (Å²) in [6.07, 6.45) is 1.38. The Morgan fingerprint density at radius 2 is 2.00 bits per heavy atom. The molecule has 1 aliphatic heterocycles. The topological polar surface area (TPSA) is 46.6 Å². The van der Waals surface area contributed by atoms with Gasteiger partial charge < -0.3 is 4.74 Å². The third kappa shape index (κ3) is 3.08. The number of ether oxygens (including phenoxy) is 1. The second-order valence-electron chi connectivity index (χ2n) is 5.18. The normalized spacial score (nSPS) is 20.7. The van der Waals surface area contributed by atoms with Crippen molar-refractivity contribution in [2.45, 2.75) is 46.3 Å². The molecule has 0 aliphatic carbocycles. The predicted octanol–water partition coefficient (Wildman–Crippen LogP) is 2.14. The molecule has 4 heteroatoms. The molecule has 0 fully saturated rings. The molecule has 0 radical (unpaired) electrons. The quantitative estimate of drug-likeness (QED) is 0.642. The van der Waals surface area contributed by atoms with Crippen LogP contribution in [0.25, 0.3) is 0 Å². The van der Waals surface area contributed by atoms with Gasteiger partial charge in [-0.15, -0.1) is 0 Å². The van der Waals surface area contributed by atoms with Crippen molar-refractivity contribution in [3.63, 3.8) is 0 Å². The zero-order valence-electron chi connectivity index (χ0n) is 10.5. The highest BCUT2D eigenvalue weighted by atomic mass is 16.6. The average Bonchev–Trinajstić information content (AvgIpc) is 2.44. The zero-order chi connectivity index (χ0) is 12.5. The Labute approximate surface area is 96.3 Å². The number of rotatable bonds is 1. The van der Waals surface area contributed by atoms with Gasteiger partial charge in [-0.2, -0.15) is 0 Å². The number of amides is 1. The van der Waals surface area contributed by atoms with Crippen LogP contribution in [0.4, 0.5) is 4.79 Å². The maximum atomic E-state index is 11.8. The van der Waals surface area contributed by atoms with E-state index >= 15 is 0 Å². The van der Waals surface area contributed by atoms with Crippen molar-refractivity contribution in [1.82, 2.24) is 4.90 Å². The molecule has 90 valence electrons. The molecule has 0 aromatic carbocycles. The van der Waals surface area contributed by atoms with E-state index in [2.05, 4.69) is 0 Å². The van der Waals surface area contributed by atoms with E-state index in [0.717, 1.165) is 5.57 Å². The molecular weight excluding hydrogens is 206 g/mol. The first-order valence-electron chi connectivity index (χ1n) is 5.38. The lowest BCUT2D eigenvalue weighted by Crippen LogP contribution is -2.43. The van der Waals surface area contributed by atoms with Crippen LogP contribution < -0.4 is 0 Å². The van der Waals surface area contributed by atoms with Crippen LogP contribution in [0.1, 0.15) is 34.6 Å². The fraction of sp³-hybridized carbons (Fsp3) is 0.667. The van der Waals surface area contributed by atoms with E-state index in [1.165, 1.54) is 11.8 Å². The molecule has 1 rings (SSSR count). The summed E-state index contributed by atoms with van der Waals surface area (Å²) in [4.78, 5) is 24.7. The minimum Gasteiger partial charge on any atom is -0.444 e. The van der Waals surface area contributed by atoms with Gasteiger partial charge in [0.1, 0.15) is 11.6 Å². The number of carbonyl (C=O) groups excluding carboxylic acids is 2. The minimum atomic E-state index is -0.533. The average molecular weight is 225 g/mol. The van der Waals surface area contributed by atoms with Gasteiger partial charge in [0, 0.05) is 6.54 Å². The van der Waals surface area contributed by atoms with Crippen LogP contribution in [-0.2, 0) is 9.53 Å². The lowest BCUT2D eigenvalue weighted by Gasteiger charge is -2.27. The molecule has 0 unspecified atom stereocenters. The highest BCUT2D eigenvalue weighted by Crippen LogP contribution is 2.20. The number of nitrogens with zero attached hydrogens (tertiary/aromatic N) is 1. The van der Waals surface area contributed by atoms with E-state index in [-0.39, 0.29) is 5.78 Å². The number of Topliss-reactive ketones (excluding diaryl/α,β-unsaturated/α-hetero) is 1. The van der Waals surface area contributed by atoms with Crippen LogP contribution in [0.3, 0.4) is 0 Å². The first-order valence-corrected chi connectivity index (χ1v) is 5.38. The van der Waals surface area contributed by atoms with Crippen molar-refractivity contribution in [1.29, 1.82) is 0 Å². The lowest BCUT2D eigenvalue weighted by atomic mass is 10.2. The number of hydrogen-bond donors (Lipinski definition) is 0. The standard InChI is InChI=1S/C12H19NO3/c1-8-6-10(9(2)14)13(7-8)11(15)16-12(3,4)5/h6,10H,7H2,1-5H3/t10-/m0/s1. The SMILES string of the molecule is CC(=O)[C@@H]1C=C(C)CN1C(=O)OC(C)(C)C. The molecule has 0 bridgehead atoms. The number of carbonyl (C=O) groups is 2. The van der Waals surface area contributed by atoms with Gasteiger partial charge in [0.15, 0.2) is 5.78 Å². The predicted molar refractivity (Wildman–Crippen MR) is 61.2 cm³/mol. The lowest BCUT2D eigenvalue weighted by molar-refractivity contribution is -0.120. The second kappa shape index (κ2) is 4.28. The van der Waals surface area contributed by atoms with Gasteiger partial charge in [-0.25, -0.2) is 4.79 Å². The molecule has 16 heavy (non-hydrogen) atoms. The summed E-state index contributed by atoms with van der Waals surface area (Å²) in [5, 5.41) is 0. The highest BCUT2D eigenvalue weighted by Gasteiger charge is 2.33. The molecule has 1 atom stereocenters. The molecule has 4 nitrogen and oxygen atoms in total. The van der Waals surface area contributed by atoms with Crippen LogP contribution in [0.15, 0.2) is 11.6 Å². The van der Waals surface area contributed by atoms with Crippen LogP contribution in [0, 0.1) is 0 Å². The van der Waals surface area contributed by atoms with E-state index in [1.54, 1.807) is 0 Å². The molecule has 0 aromatic heterocycles. The number of ketones is 1. The fourth-order valence-corrected chi connectivity index (χ4v) is 1.61. The monoisotopic (exact) mass is 225 g/mol. The summed E-state index contributed by atoms with van der Waals surface area (Å²) in [6, 6.07) is -0.463. The third-order valence-electron chi connectivity index (χ3n) is 2.24. The van der Waals surface area contributed by atoms with E-state index < -0.39 is 17.7 Å². The molecule has 1 amide bonds. The number of hydrogen-bond acceptors (Lipinski definition) is 3. The molecule has 0 saturated carbocycles. The molecule has 0 aromatic rings. The fourth-order valence-electron chi connectivity index (χ4n) is 1.61. The van der Waals surface area contributed by atoms with E-state index in [4.69, 9.17) is 4.74 Å². The van der Waals surface area contributed by atoms with Crippen LogP contribution in [-0.4, -0.2) is 35.0 Å². The van der Waals surface area contributed by atoms with Crippen molar-refractivity contribution < 1.29 is 14.3 Å². The summed E-state index contributed by atoms with van der Waals surface area (Å²) in [7, 11) is 0.